The van der Waals surface area contributed by atoms with Crippen LogP contribution in [0.5, 0.6) is 11.6 Å². The zero-order valence-electron chi connectivity index (χ0n) is 22.2. The minimum atomic E-state index is -0.243. The molecule has 0 saturated heterocycles. The maximum atomic E-state index is 13.1. The van der Waals surface area contributed by atoms with Gasteiger partial charge in [0, 0.05) is 54.0 Å². The summed E-state index contributed by atoms with van der Waals surface area (Å²) in [5, 5.41) is 3.06. The lowest BCUT2D eigenvalue weighted by Crippen LogP contribution is -2.44. The molecule has 1 fully saturated rings. The first-order valence-electron chi connectivity index (χ1n) is 13.4. The summed E-state index contributed by atoms with van der Waals surface area (Å²) in [6.45, 7) is 5.98. The van der Waals surface area contributed by atoms with Crippen molar-refractivity contribution in [2.75, 3.05) is 4.90 Å². The Labute approximate surface area is 224 Å². The van der Waals surface area contributed by atoms with E-state index in [1.54, 1.807) is 6.20 Å². The second-order valence-corrected chi connectivity index (χ2v) is 10.5. The number of nitrogens with zero attached hydrogens (tertiary/aromatic N) is 3. The van der Waals surface area contributed by atoms with Crippen molar-refractivity contribution in [1.82, 2.24) is 10.3 Å². The third-order valence-corrected chi connectivity index (χ3v) is 7.20. The number of fused-ring (bicyclic) bond motifs is 1. The molecule has 1 saturated carbocycles. The highest BCUT2D eigenvalue weighted by Crippen LogP contribution is 2.39. The predicted molar refractivity (Wildman–Crippen MR) is 149 cm³/mol. The largest absolute Gasteiger partial charge is 0.439 e. The average molecular weight is 511 g/mol. The van der Waals surface area contributed by atoms with Gasteiger partial charge in [-0.3, -0.25) is 9.59 Å². The number of anilines is 1. The van der Waals surface area contributed by atoms with Crippen LogP contribution in [0.15, 0.2) is 71.9 Å². The Bertz CT molecular complexity index is 1330. The molecule has 2 heterocycles. The summed E-state index contributed by atoms with van der Waals surface area (Å²) in [5.41, 5.74) is 3.78. The molecule has 1 N–H and O–H groups in total. The van der Waals surface area contributed by atoms with Gasteiger partial charge in [0.05, 0.1) is 0 Å². The number of aryl methyl sites for hydroxylation is 1. The first kappa shape index (κ1) is 25.6. The number of aliphatic imine (C=N–C) groups is 1. The molecule has 1 aliphatic carbocycles. The number of aromatic nitrogens is 1. The van der Waals surface area contributed by atoms with Crippen molar-refractivity contribution in [1.29, 1.82) is 0 Å². The van der Waals surface area contributed by atoms with E-state index in [-0.39, 0.29) is 29.8 Å². The standard InChI is InChI=1S/C31H34N4O3/c1-20(2)33-30(36)23-11-14-25(15-12-23)35-27-19-26(38-29-6-4-5-17-32-29)16-13-24(27)18-28(35)34-31(37)22-9-7-21(3)8-10-22/h4-10,13,16-17,19-20,23,25H,11-12,14-15,18H2,1-3H3,(H,33,36). The van der Waals surface area contributed by atoms with Crippen molar-refractivity contribution in [2.24, 2.45) is 10.9 Å². The number of benzene rings is 2. The lowest BCUT2D eigenvalue weighted by molar-refractivity contribution is -0.126. The van der Waals surface area contributed by atoms with Crippen molar-refractivity contribution >= 4 is 23.3 Å². The summed E-state index contributed by atoms with van der Waals surface area (Å²) < 4.78 is 6.02. The molecule has 38 heavy (non-hydrogen) atoms. The Balaban J connectivity index is 1.42. The molecule has 0 bridgehead atoms. The summed E-state index contributed by atoms with van der Waals surface area (Å²) in [4.78, 5) is 36.9. The molecule has 0 radical (unpaired) electrons. The highest BCUT2D eigenvalue weighted by atomic mass is 16.5. The topological polar surface area (TPSA) is 83.9 Å². The van der Waals surface area contributed by atoms with Crippen LogP contribution in [0.4, 0.5) is 5.69 Å². The monoisotopic (exact) mass is 510 g/mol. The summed E-state index contributed by atoms with van der Waals surface area (Å²) in [6, 6.07) is 19.3. The smallest absolute Gasteiger partial charge is 0.278 e. The number of pyridine rings is 1. The van der Waals surface area contributed by atoms with Gasteiger partial charge in [0.1, 0.15) is 11.6 Å². The van der Waals surface area contributed by atoms with Crippen LogP contribution in [0.2, 0.25) is 0 Å². The van der Waals surface area contributed by atoms with Gasteiger partial charge in [-0.2, -0.15) is 4.99 Å². The summed E-state index contributed by atoms with van der Waals surface area (Å²) in [6.07, 6.45) is 5.57. The molecule has 2 aromatic carbocycles. The fourth-order valence-corrected chi connectivity index (χ4v) is 5.28. The van der Waals surface area contributed by atoms with E-state index in [0.717, 1.165) is 48.3 Å². The van der Waals surface area contributed by atoms with Crippen LogP contribution in [0.25, 0.3) is 0 Å². The minimum Gasteiger partial charge on any atom is -0.439 e. The van der Waals surface area contributed by atoms with Crippen LogP contribution in [-0.2, 0) is 11.2 Å². The van der Waals surface area contributed by atoms with Gasteiger partial charge in [-0.1, -0.05) is 29.8 Å². The Morgan fingerprint density at radius 2 is 1.79 bits per heavy atom. The zero-order valence-corrected chi connectivity index (χ0v) is 22.2. The van der Waals surface area contributed by atoms with Gasteiger partial charge in [0.25, 0.3) is 5.91 Å². The normalized spacial score (nSPS) is 19.9. The number of carbonyl (C=O) groups excluding carboxylic acids is 2. The van der Waals surface area contributed by atoms with E-state index >= 15 is 0 Å². The Morgan fingerprint density at radius 3 is 2.47 bits per heavy atom. The Kier molecular flexibility index (Phi) is 7.54. The number of hydrogen-bond acceptors (Lipinski definition) is 4. The van der Waals surface area contributed by atoms with E-state index in [1.165, 1.54) is 0 Å². The third-order valence-electron chi connectivity index (χ3n) is 7.20. The van der Waals surface area contributed by atoms with Gasteiger partial charge in [-0.05, 0) is 76.3 Å². The van der Waals surface area contributed by atoms with E-state index in [0.29, 0.717) is 23.6 Å². The molecule has 0 atom stereocenters. The molecule has 1 aromatic heterocycles. The number of amidine groups is 1. The van der Waals surface area contributed by atoms with E-state index in [1.807, 2.05) is 81.4 Å². The maximum absolute atomic E-state index is 13.1. The lowest BCUT2D eigenvalue weighted by Gasteiger charge is -2.36. The number of nitrogens with one attached hydrogen (secondary N) is 1. The molecule has 7 heteroatoms. The minimum absolute atomic E-state index is 0.0177. The van der Waals surface area contributed by atoms with Crippen LogP contribution in [-0.4, -0.2) is 34.7 Å². The van der Waals surface area contributed by atoms with Gasteiger partial charge in [0.2, 0.25) is 11.8 Å². The van der Waals surface area contributed by atoms with Crippen LogP contribution in [0.1, 0.15) is 61.0 Å². The van der Waals surface area contributed by atoms with E-state index in [9.17, 15) is 9.59 Å². The van der Waals surface area contributed by atoms with Gasteiger partial charge in [-0.25, -0.2) is 4.98 Å². The van der Waals surface area contributed by atoms with Crippen molar-refractivity contribution in [2.45, 2.75) is 65.0 Å². The second-order valence-electron chi connectivity index (χ2n) is 10.5. The molecule has 2 amide bonds. The van der Waals surface area contributed by atoms with Crippen molar-refractivity contribution in [3.05, 3.63) is 83.6 Å². The highest BCUT2D eigenvalue weighted by molar-refractivity contribution is 6.12. The quantitative estimate of drug-likeness (QED) is 0.449. The first-order chi connectivity index (χ1) is 18.4. The molecule has 0 unspecified atom stereocenters. The molecule has 2 aliphatic rings. The van der Waals surface area contributed by atoms with Crippen LogP contribution in [0, 0.1) is 12.8 Å². The van der Waals surface area contributed by atoms with E-state index in [4.69, 9.17) is 4.74 Å². The van der Waals surface area contributed by atoms with E-state index in [2.05, 4.69) is 20.2 Å². The molecule has 5 rings (SSSR count). The van der Waals surface area contributed by atoms with Crippen molar-refractivity contribution in [3.8, 4) is 11.6 Å². The molecule has 3 aromatic rings. The van der Waals surface area contributed by atoms with Crippen LogP contribution < -0.4 is 15.0 Å². The number of ether oxygens (including phenoxy) is 1. The zero-order chi connectivity index (χ0) is 26.6. The summed E-state index contributed by atoms with van der Waals surface area (Å²) in [5.74, 6) is 1.86. The first-order valence-corrected chi connectivity index (χ1v) is 13.4. The SMILES string of the molecule is Cc1ccc(C(=O)N=C2Cc3ccc(Oc4ccccn4)cc3N2C2CCC(C(=O)NC(C)C)CC2)cc1. The average Bonchev–Trinajstić information content (AvgIpc) is 3.26. The van der Waals surface area contributed by atoms with Gasteiger partial charge in [0.15, 0.2) is 0 Å². The van der Waals surface area contributed by atoms with Gasteiger partial charge in [-0.15, -0.1) is 0 Å². The fourth-order valence-electron chi connectivity index (χ4n) is 5.28. The third kappa shape index (κ3) is 5.77. The predicted octanol–water partition coefficient (Wildman–Crippen LogP) is 5.87. The summed E-state index contributed by atoms with van der Waals surface area (Å²) in [7, 11) is 0. The van der Waals surface area contributed by atoms with Crippen LogP contribution in [0.3, 0.4) is 0 Å². The van der Waals surface area contributed by atoms with Crippen molar-refractivity contribution in [3.63, 3.8) is 0 Å². The number of amides is 2. The molecule has 7 nitrogen and oxygen atoms in total. The number of carbonyl (C=O) groups is 2. The van der Waals surface area contributed by atoms with E-state index < -0.39 is 0 Å². The molecule has 1 aliphatic heterocycles. The van der Waals surface area contributed by atoms with Gasteiger partial charge >= 0.3 is 0 Å². The van der Waals surface area contributed by atoms with Crippen molar-refractivity contribution < 1.29 is 14.3 Å². The molecular weight excluding hydrogens is 476 g/mol. The fraction of sp³-hybridized carbons (Fsp3) is 0.355. The second kappa shape index (κ2) is 11.2. The van der Waals surface area contributed by atoms with Gasteiger partial charge < -0.3 is 15.0 Å². The molecular formula is C31H34N4O3. The Hall–Kier alpha value is -4.00. The summed E-state index contributed by atoms with van der Waals surface area (Å²) >= 11 is 0. The Morgan fingerprint density at radius 1 is 1.03 bits per heavy atom. The molecule has 0 spiro atoms. The van der Waals surface area contributed by atoms with Crippen LogP contribution >= 0.6 is 0 Å². The lowest BCUT2D eigenvalue weighted by atomic mass is 9.84. The maximum Gasteiger partial charge on any atom is 0.278 e. The number of rotatable bonds is 6. The highest BCUT2D eigenvalue weighted by Gasteiger charge is 2.36. The number of hydrogen-bond donors (Lipinski definition) is 1. The molecule has 196 valence electrons.